The Labute approximate surface area is 97.5 Å². The number of hydrogen-bond donors (Lipinski definition) is 1. The summed E-state index contributed by atoms with van der Waals surface area (Å²) in [6.07, 6.45) is 1.48. The molecule has 0 saturated heterocycles. The first-order valence-electron chi connectivity index (χ1n) is 3.97. The largest absolute Gasteiger partial charge is 0.478 e. The van der Waals surface area contributed by atoms with E-state index in [4.69, 9.17) is 5.11 Å². The number of carboxylic acids is 1. The summed E-state index contributed by atoms with van der Waals surface area (Å²) < 4.78 is 13.5. The third-order valence-corrected chi connectivity index (χ3v) is 2.31. The maximum atomic E-state index is 13.5. The van der Waals surface area contributed by atoms with Gasteiger partial charge in [0.2, 0.25) is 0 Å². The average molecular weight is 290 g/mol. The van der Waals surface area contributed by atoms with Gasteiger partial charge in [0.25, 0.3) is 5.69 Å². The van der Waals surface area contributed by atoms with Gasteiger partial charge in [-0.15, -0.1) is 0 Å². The molecule has 0 bridgehead atoms. The zero-order valence-electron chi connectivity index (χ0n) is 7.68. The molecule has 0 saturated carbocycles. The summed E-state index contributed by atoms with van der Waals surface area (Å²) in [6.45, 7) is 0. The van der Waals surface area contributed by atoms with Gasteiger partial charge in [-0.25, -0.2) is 9.18 Å². The lowest BCUT2D eigenvalue weighted by atomic mass is 10.1. The Bertz CT molecular complexity index is 487. The molecule has 84 valence electrons. The maximum absolute atomic E-state index is 13.5. The molecule has 5 nitrogen and oxygen atoms in total. The Morgan fingerprint density at radius 2 is 2.19 bits per heavy atom. The van der Waals surface area contributed by atoms with E-state index < -0.39 is 22.4 Å². The van der Waals surface area contributed by atoms with Gasteiger partial charge in [-0.1, -0.05) is 0 Å². The van der Waals surface area contributed by atoms with Gasteiger partial charge in [-0.2, -0.15) is 0 Å². The van der Waals surface area contributed by atoms with Crippen LogP contribution in [0.5, 0.6) is 0 Å². The van der Waals surface area contributed by atoms with E-state index in [-0.39, 0.29) is 10.0 Å². The highest BCUT2D eigenvalue weighted by Gasteiger charge is 2.18. The molecule has 1 aromatic carbocycles. The highest BCUT2D eigenvalue weighted by molar-refractivity contribution is 9.10. The molecule has 16 heavy (non-hydrogen) atoms. The maximum Gasteiger partial charge on any atom is 0.328 e. The second-order valence-corrected chi connectivity index (χ2v) is 3.58. The molecule has 7 heteroatoms. The van der Waals surface area contributed by atoms with E-state index in [2.05, 4.69) is 15.9 Å². The molecule has 1 aromatic rings. The fraction of sp³-hybridized carbons (Fsp3) is 0. The predicted octanol–water partition coefficient (Wildman–Crippen LogP) is 2.59. The van der Waals surface area contributed by atoms with Gasteiger partial charge in [0.1, 0.15) is 0 Å². The van der Waals surface area contributed by atoms with Crippen molar-refractivity contribution in [1.82, 2.24) is 0 Å². The smallest absolute Gasteiger partial charge is 0.328 e. The molecule has 0 unspecified atom stereocenters. The number of nitrogens with zero attached hydrogens (tertiary/aromatic N) is 1. The molecule has 0 aliphatic carbocycles. The summed E-state index contributed by atoms with van der Waals surface area (Å²) in [6, 6.07) is 2.28. The first kappa shape index (κ1) is 12.3. The van der Waals surface area contributed by atoms with Crippen LogP contribution in [0.3, 0.4) is 0 Å². The number of hydrogen-bond acceptors (Lipinski definition) is 3. The average Bonchev–Trinajstić information content (AvgIpc) is 2.19. The molecule has 1 N–H and O–H groups in total. The highest BCUT2D eigenvalue weighted by Crippen LogP contribution is 2.28. The quantitative estimate of drug-likeness (QED) is 0.527. The number of carbonyl (C=O) groups is 1. The normalized spacial score (nSPS) is 10.6. The van der Waals surface area contributed by atoms with Crippen LogP contribution in [-0.2, 0) is 4.79 Å². The minimum atomic E-state index is -1.31. The molecule has 0 amide bonds. The second-order valence-electron chi connectivity index (χ2n) is 2.72. The number of aliphatic carboxylic acids is 1. The Morgan fingerprint density at radius 1 is 1.56 bits per heavy atom. The summed E-state index contributed by atoms with van der Waals surface area (Å²) >= 11 is 2.86. The van der Waals surface area contributed by atoms with Gasteiger partial charge in [0.15, 0.2) is 5.82 Å². The van der Waals surface area contributed by atoms with Crippen LogP contribution in [0.1, 0.15) is 5.56 Å². The van der Waals surface area contributed by atoms with Crippen molar-refractivity contribution >= 4 is 33.7 Å². The van der Waals surface area contributed by atoms with Crippen molar-refractivity contribution in [3.63, 3.8) is 0 Å². The van der Waals surface area contributed by atoms with Crippen molar-refractivity contribution in [3.8, 4) is 0 Å². The third-order valence-electron chi connectivity index (χ3n) is 1.70. The Morgan fingerprint density at radius 3 is 2.69 bits per heavy atom. The third kappa shape index (κ3) is 2.63. The van der Waals surface area contributed by atoms with Crippen LogP contribution in [0.15, 0.2) is 22.7 Å². The molecular formula is C9H5BrFNO4. The zero-order valence-corrected chi connectivity index (χ0v) is 9.27. The molecule has 0 aliphatic heterocycles. The lowest BCUT2D eigenvalue weighted by Gasteiger charge is -2.00. The van der Waals surface area contributed by atoms with E-state index in [1.165, 1.54) is 6.07 Å². The SMILES string of the molecule is O=C(O)/C=C/c1c([N+](=O)[O-])ccc(Br)c1F. The number of rotatable bonds is 3. The number of nitro groups is 1. The van der Waals surface area contributed by atoms with Crippen LogP contribution in [-0.4, -0.2) is 16.0 Å². The van der Waals surface area contributed by atoms with Crippen molar-refractivity contribution in [1.29, 1.82) is 0 Å². The van der Waals surface area contributed by atoms with Crippen LogP contribution in [0.2, 0.25) is 0 Å². The summed E-state index contributed by atoms with van der Waals surface area (Å²) in [7, 11) is 0. The van der Waals surface area contributed by atoms with Gasteiger partial charge in [-0.3, -0.25) is 10.1 Å². The Balaban J connectivity index is 3.37. The van der Waals surface area contributed by atoms with Crippen molar-refractivity contribution < 1.29 is 19.2 Å². The Kier molecular flexibility index (Phi) is 3.73. The van der Waals surface area contributed by atoms with Crippen molar-refractivity contribution in [2.24, 2.45) is 0 Å². The molecule has 0 heterocycles. The number of benzene rings is 1. The number of nitro benzene ring substituents is 1. The molecule has 0 aromatic heterocycles. The van der Waals surface area contributed by atoms with Gasteiger partial charge in [0.05, 0.1) is 15.0 Å². The van der Waals surface area contributed by atoms with Crippen molar-refractivity contribution in [2.45, 2.75) is 0 Å². The highest BCUT2D eigenvalue weighted by atomic mass is 79.9. The van der Waals surface area contributed by atoms with E-state index in [0.717, 1.165) is 12.1 Å². The van der Waals surface area contributed by atoms with Gasteiger partial charge >= 0.3 is 5.97 Å². The predicted molar refractivity (Wildman–Crippen MR) is 57.4 cm³/mol. The van der Waals surface area contributed by atoms with Gasteiger partial charge < -0.3 is 5.11 Å². The first-order valence-corrected chi connectivity index (χ1v) is 4.76. The molecule has 0 atom stereocenters. The van der Waals surface area contributed by atoms with E-state index in [1.807, 2.05) is 0 Å². The van der Waals surface area contributed by atoms with Crippen LogP contribution in [0.4, 0.5) is 10.1 Å². The second kappa shape index (κ2) is 4.84. The Hall–Kier alpha value is -1.76. The summed E-state index contributed by atoms with van der Waals surface area (Å²) in [5.41, 5.74) is -0.861. The fourth-order valence-electron chi connectivity index (χ4n) is 1.03. The summed E-state index contributed by atoms with van der Waals surface area (Å²) in [5, 5.41) is 18.9. The van der Waals surface area contributed by atoms with Crippen LogP contribution < -0.4 is 0 Å². The fourth-order valence-corrected chi connectivity index (χ4v) is 1.37. The van der Waals surface area contributed by atoms with Crippen molar-refractivity contribution in [3.05, 3.63) is 44.2 Å². The van der Waals surface area contributed by atoms with Gasteiger partial charge in [-0.05, 0) is 28.1 Å². The lowest BCUT2D eigenvalue weighted by molar-refractivity contribution is -0.385. The summed E-state index contributed by atoms with van der Waals surface area (Å²) in [5.74, 6) is -2.18. The zero-order chi connectivity index (χ0) is 12.3. The minimum Gasteiger partial charge on any atom is -0.478 e. The van der Waals surface area contributed by atoms with E-state index >= 15 is 0 Å². The van der Waals surface area contributed by atoms with Crippen molar-refractivity contribution in [2.75, 3.05) is 0 Å². The molecule has 0 radical (unpaired) electrons. The van der Waals surface area contributed by atoms with Crippen LogP contribution >= 0.6 is 15.9 Å². The summed E-state index contributed by atoms with van der Waals surface area (Å²) in [4.78, 5) is 20.1. The monoisotopic (exact) mass is 289 g/mol. The topological polar surface area (TPSA) is 80.4 Å². The van der Waals surface area contributed by atoms with E-state index in [0.29, 0.717) is 6.08 Å². The molecule has 0 aliphatic rings. The van der Waals surface area contributed by atoms with Gasteiger partial charge in [0, 0.05) is 12.1 Å². The minimum absolute atomic E-state index is 0.0307. The van der Waals surface area contributed by atoms with Crippen LogP contribution in [0.25, 0.3) is 6.08 Å². The molecule has 0 fully saturated rings. The van der Waals surface area contributed by atoms with E-state index in [1.54, 1.807) is 0 Å². The number of halogens is 2. The number of carboxylic acid groups (broad SMARTS) is 1. The molecule has 1 rings (SSSR count). The standard InChI is InChI=1S/C9H5BrFNO4/c10-6-2-3-7(12(15)16)5(9(6)11)1-4-8(13)14/h1-4H,(H,13,14)/b4-1+. The lowest BCUT2D eigenvalue weighted by Crippen LogP contribution is -1.96. The molecule has 0 spiro atoms. The van der Waals surface area contributed by atoms with Crippen LogP contribution in [0, 0.1) is 15.9 Å². The molecular weight excluding hydrogens is 285 g/mol. The first-order chi connectivity index (χ1) is 7.43. The van der Waals surface area contributed by atoms with E-state index in [9.17, 15) is 19.3 Å².